The van der Waals surface area contributed by atoms with Crippen LogP contribution in [0.3, 0.4) is 0 Å². The molecule has 2 aliphatic heterocycles. The van der Waals surface area contributed by atoms with Crippen LogP contribution in [0.5, 0.6) is 17.2 Å². The van der Waals surface area contributed by atoms with E-state index in [1.54, 1.807) is 21.3 Å². The number of hydrogen-bond donors (Lipinski definition) is 0. The van der Waals surface area contributed by atoms with Gasteiger partial charge in [-0.3, -0.25) is 4.79 Å². The highest BCUT2D eigenvalue weighted by atomic mass is 16.6. The summed E-state index contributed by atoms with van der Waals surface area (Å²) in [6.45, 7) is 1.61. The van der Waals surface area contributed by atoms with Crippen molar-refractivity contribution in [2.24, 2.45) is 5.16 Å². The third-order valence-corrected chi connectivity index (χ3v) is 4.36. The minimum Gasteiger partial charge on any atom is -0.493 e. The number of methoxy groups -OCH3 is 3. The molecule has 1 atom stereocenters. The van der Waals surface area contributed by atoms with Crippen LogP contribution in [0.4, 0.5) is 0 Å². The van der Waals surface area contributed by atoms with Gasteiger partial charge in [0.25, 0.3) is 5.91 Å². The van der Waals surface area contributed by atoms with Crippen molar-refractivity contribution in [2.45, 2.75) is 25.4 Å². The zero-order valence-electron chi connectivity index (χ0n) is 14.2. The van der Waals surface area contributed by atoms with Crippen LogP contribution < -0.4 is 14.2 Å². The number of carbonyl (C=O) groups excluding carboxylic acids is 1. The number of benzene rings is 1. The Morgan fingerprint density at radius 1 is 1.12 bits per heavy atom. The van der Waals surface area contributed by atoms with Crippen LogP contribution in [0.1, 0.15) is 24.8 Å². The van der Waals surface area contributed by atoms with Gasteiger partial charge in [-0.1, -0.05) is 5.16 Å². The molecule has 0 aromatic heterocycles. The fraction of sp³-hybridized carbons (Fsp3) is 0.529. The van der Waals surface area contributed by atoms with E-state index in [9.17, 15) is 4.79 Å². The second-order valence-corrected chi connectivity index (χ2v) is 5.78. The first-order chi connectivity index (χ1) is 11.7. The van der Waals surface area contributed by atoms with E-state index < -0.39 is 6.10 Å². The third kappa shape index (κ3) is 2.98. The largest absolute Gasteiger partial charge is 0.493 e. The molecule has 2 aliphatic rings. The van der Waals surface area contributed by atoms with E-state index in [4.69, 9.17) is 19.0 Å². The van der Waals surface area contributed by atoms with Gasteiger partial charge in [-0.05, 0) is 25.0 Å². The summed E-state index contributed by atoms with van der Waals surface area (Å²) in [5.74, 6) is 1.62. The van der Waals surface area contributed by atoms with Crippen LogP contribution in [0, 0.1) is 0 Å². The van der Waals surface area contributed by atoms with E-state index in [-0.39, 0.29) is 5.91 Å². The molecule has 0 saturated carbocycles. The van der Waals surface area contributed by atoms with Crippen LogP contribution in [0.15, 0.2) is 17.3 Å². The molecule has 0 aliphatic carbocycles. The molecule has 1 saturated heterocycles. The molecule has 7 heteroatoms. The summed E-state index contributed by atoms with van der Waals surface area (Å²) in [7, 11) is 4.68. The molecular weight excluding hydrogens is 312 g/mol. The molecule has 3 rings (SSSR count). The predicted molar refractivity (Wildman–Crippen MR) is 87.9 cm³/mol. The van der Waals surface area contributed by atoms with E-state index in [1.807, 2.05) is 17.0 Å². The first-order valence-corrected chi connectivity index (χ1v) is 7.99. The minimum absolute atomic E-state index is 0.0127. The average molecular weight is 334 g/mol. The molecule has 1 fully saturated rings. The number of rotatable bonds is 5. The lowest BCUT2D eigenvalue weighted by atomic mass is 10.0. The van der Waals surface area contributed by atoms with Crippen LogP contribution in [0.25, 0.3) is 0 Å². The maximum absolute atomic E-state index is 12.4. The quantitative estimate of drug-likeness (QED) is 0.822. The van der Waals surface area contributed by atoms with Gasteiger partial charge in [-0.2, -0.15) is 0 Å². The van der Waals surface area contributed by atoms with Crippen molar-refractivity contribution < 1.29 is 23.8 Å². The predicted octanol–water partition coefficient (Wildman–Crippen LogP) is 1.83. The average Bonchev–Trinajstić information content (AvgIpc) is 3.31. The van der Waals surface area contributed by atoms with Gasteiger partial charge in [-0.25, -0.2) is 0 Å². The van der Waals surface area contributed by atoms with Gasteiger partial charge in [0.2, 0.25) is 11.9 Å². The van der Waals surface area contributed by atoms with Crippen LogP contribution in [-0.4, -0.2) is 57.0 Å². The molecule has 0 spiro atoms. The summed E-state index contributed by atoms with van der Waals surface area (Å²) in [5.41, 5.74) is 1.49. The van der Waals surface area contributed by atoms with Crippen LogP contribution >= 0.6 is 0 Å². The van der Waals surface area contributed by atoms with Crippen molar-refractivity contribution in [1.82, 2.24) is 4.90 Å². The maximum Gasteiger partial charge on any atom is 0.266 e. The fourth-order valence-corrected chi connectivity index (χ4v) is 3.07. The van der Waals surface area contributed by atoms with Gasteiger partial charge in [0.05, 0.1) is 27.0 Å². The van der Waals surface area contributed by atoms with Crippen molar-refractivity contribution in [3.05, 3.63) is 17.7 Å². The SMILES string of the molecule is COc1cc(C2=NO[C@H](C(=O)N3CCCC3)C2)cc(OC)c1OC. The molecule has 24 heavy (non-hydrogen) atoms. The summed E-state index contributed by atoms with van der Waals surface area (Å²) in [6, 6.07) is 3.62. The Morgan fingerprint density at radius 3 is 2.29 bits per heavy atom. The topological polar surface area (TPSA) is 69.6 Å². The Kier molecular flexibility index (Phi) is 4.78. The summed E-state index contributed by atoms with van der Waals surface area (Å²) >= 11 is 0. The number of nitrogens with zero attached hydrogens (tertiary/aromatic N) is 2. The highest BCUT2D eigenvalue weighted by Crippen LogP contribution is 2.39. The van der Waals surface area contributed by atoms with E-state index >= 15 is 0 Å². The van der Waals surface area contributed by atoms with Gasteiger partial charge in [0, 0.05) is 25.1 Å². The maximum atomic E-state index is 12.4. The normalized spacial score (nSPS) is 19.7. The van der Waals surface area contributed by atoms with Gasteiger partial charge in [0.15, 0.2) is 11.5 Å². The molecule has 0 bridgehead atoms. The van der Waals surface area contributed by atoms with Crippen molar-refractivity contribution in [3.63, 3.8) is 0 Å². The van der Waals surface area contributed by atoms with Gasteiger partial charge < -0.3 is 23.9 Å². The molecule has 1 amide bonds. The highest BCUT2D eigenvalue weighted by Gasteiger charge is 2.34. The van der Waals surface area contributed by atoms with Crippen molar-refractivity contribution in [1.29, 1.82) is 0 Å². The Hall–Kier alpha value is -2.44. The van der Waals surface area contributed by atoms with Crippen molar-refractivity contribution in [2.75, 3.05) is 34.4 Å². The van der Waals surface area contributed by atoms with Gasteiger partial charge in [0.1, 0.15) is 0 Å². The van der Waals surface area contributed by atoms with E-state index in [2.05, 4.69) is 5.16 Å². The molecule has 1 aromatic rings. The van der Waals surface area contributed by atoms with E-state index in [0.717, 1.165) is 31.5 Å². The summed E-state index contributed by atoms with van der Waals surface area (Å²) < 4.78 is 16.0. The molecule has 2 heterocycles. The number of likely N-dealkylation sites (tertiary alicyclic amines) is 1. The Balaban J connectivity index is 1.79. The molecule has 1 aromatic carbocycles. The Labute approximate surface area is 141 Å². The van der Waals surface area contributed by atoms with E-state index in [1.165, 1.54) is 0 Å². The van der Waals surface area contributed by atoms with Crippen LogP contribution in [0.2, 0.25) is 0 Å². The standard InChI is InChI=1S/C17H22N2O5/c1-21-13-8-11(9-14(22-2)16(13)23-3)12-10-15(24-18-12)17(20)19-6-4-5-7-19/h8-9,15H,4-7,10H2,1-3H3/t15-/m0/s1. The Bertz CT molecular complexity index is 627. The van der Waals surface area contributed by atoms with Crippen molar-refractivity contribution >= 4 is 11.6 Å². The van der Waals surface area contributed by atoms with Crippen molar-refractivity contribution in [3.8, 4) is 17.2 Å². The molecule has 7 nitrogen and oxygen atoms in total. The van der Waals surface area contributed by atoms with Gasteiger partial charge >= 0.3 is 0 Å². The first kappa shape index (κ1) is 16.4. The Morgan fingerprint density at radius 2 is 1.75 bits per heavy atom. The zero-order chi connectivity index (χ0) is 17.1. The van der Waals surface area contributed by atoms with Crippen LogP contribution in [-0.2, 0) is 9.63 Å². The summed E-state index contributed by atoms with van der Waals surface area (Å²) in [4.78, 5) is 19.7. The zero-order valence-corrected chi connectivity index (χ0v) is 14.2. The smallest absolute Gasteiger partial charge is 0.266 e. The second kappa shape index (κ2) is 6.98. The second-order valence-electron chi connectivity index (χ2n) is 5.78. The lowest BCUT2D eigenvalue weighted by Gasteiger charge is -2.18. The molecule has 0 N–H and O–H groups in total. The highest BCUT2D eigenvalue weighted by molar-refractivity contribution is 6.04. The number of amides is 1. The number of hydrogen-bond acceptors (Lipinski definition) is 6. The fourth-order valence-electron chi connectivity index (χ4n) is 3.07. The monoisotopic (exact) mass is 334 g/mol. The minimum atomic E-state index is -0.544. The molecular formula is C17H22N2O5. The summed E-state index contributed by atoms with van der Waals surface area (Å²) in [6.07, 6.45) is 2.00. The first-order valence-electron chi connectivity index (χ1n) is 7.99. The van der Waals surface area contributed by atoms with E-state index in [0.29, 0.717) is 29.4 Å². The molecule has 0 unspecified atom stereocenters. The lowest BCUT2D eigenvalue weighted by Crippen LogP contribution is -2.37. The third-order valence-electron chi connectivity index (χ3n) is 4.36. The molecule has 130 valence electrons. The summed E-state index contributed by atoms with van der Waals surface area (Å²) in [5, 5.41) is 4.10. The molecule has 0 radical (unpaired) electrons. The number of carbonyl (C=O) groups is 1. The lowest BCUT2D eigenvalue weighted by molar-refractivity contribution is -0.140. The van der Waals surface area contributed by atoms with Gasteiger partial charge in [-0.15, -0.1) is 0 Å². The number of oxime groups is 1. The number of ether oxygens (including phenoxy) is 3.